The number of esters is 2. The number of carbonyl (C=O) groups is 2. The molecule has 1 unspecified atom stereocenters. The second kappa shape index (κ2) is 60.6. The molecule has 0 fully saturated rings. The number of allylic oxidation sites excluding steroid dienone is 28. The maximum absolute atomic E-state index is 12.3. The van der Waals surface area contributed by atoms with Crippen LogP contribution in [-0.2, 0) is 19.1 Å². The Morgan fingerprint density at radius 2 is 0.597 bits per heavy atom. The van der Waals surface area contributed by atoms with Gasteiger partial charge < -0.3 is 14.6 Å². The number of hydrogen-bond donors (Lipinski definition) is 1. The lowest BCUT2D eigenvalue weighted by Crippen LogP contribution is -2.28. The fraction of sp³-hybridized carbons (Fsp3) is 0.552. The Labute approximate surface area is 443 Å². The lowest BCUT2D eigenvalue weighted by atomic mass is 10.1. The molecule has 402 valence electrons. The summed E-state index contributed by atoms with van der Waals surface area (Å²) in [5, 5.41) is 9.63. The van der Waals surface area contributed by atoms with E-state index in [0.29, 0.717) is 12.8 Å². The van der Waals surface area contributed by atoms with Gasteiger partial charge in [-0.1, -0.05) is 242 Å². The molecule has 5 nitrogen and oxygen atoms in total. The van der Waals surface area contributed by atoms with E-state index in [0.717, 1.165) is 141 Å². The fourth-order valence-corrected chi connectivity index (χ4v) is 7.21. The van der Waals surface area contributed by atoms with Crippen LogP contribution in [0.4, 0.5) is 0 Å². The van der Waals surface area contributed by atoms with Gasteiger partial charge in [-0.2, -0.15) is 0 Å². The Balaban J connectivity index is 3.69. The topological polar surface area (TPSA) is 72.8 Å². The molecule has 0 saturated heterocycles. The van der Waals surface area contributed by atoms with Crippen molar-refractivity contribution in [3.63, 3.8) is 0 Å². The summed E-state index contributed by atoms with van der Waals surface area (Å²) in [6.07, 6.45) is 94.6. The van der Waals surface area contributed by atoms with Crippen molar-refractivity contribution in [2.75, 3.05) is 13.2 Å². The Morgan fingerprint density at radius 3 is 0.903 bits per heavy atom. The highest BCUT2D eigenvalue weighted by Gasteiger charge is 2.16. The van der Waals surface area contributed by atoms with Crippen LogP contribution in [0.3, 0.4) is 0 Å². The predicted molar refractivity (Wildman–Crippen MR) is 315 cm³/mol. The molecule has 0 heterocycles. The third-order valence-electron chi connectivity index (χ3n) is 11.5. The van der Waals surface area contributed by atoms with Crippen molar-refractivity contribution in [2.45, 2.75) is 225 Å². The van der Waals surface area contributed by atoms with Gasteiger partial charge in [0.15, 0.2) is 6.10 Å². The minimum Gasteiger partial charge on any atom is -0.462 e. The SMILES string of the molecule is CC/C=C\C/C=C\C/C=C\C/C=C\C/C=C\C/C=C\C/C=C\C/C=C\C/C=C\C/C=C\C/C=C\C/C=C\CCCCCCC(=O)OC(CO)COC(=O)CCCCCCCCC/C=C\C/C=C\CCCCC. The third kappa shape index (κ3) is 57.8. The van der Waals surface area contributed by atoms with Gasteiger partial charge in [0.2, 0.25) is 0 Å². The van der Waals surface area contributed by atoms with Crippen molar-refractivity contribution < 1.29 is 24.2 Å². The maximum atomic E-state index is 12.3. The molecule has 0 aromatic carbocycles. The van der Waals surface area contributed by atoms with E-state index in [1.54, 1.807) is 0 Å². The average Bonchev–Trinajstić information content (AvgIpc) is 3.38. The molecule has 0 aliphatic rings. The van der Waals surface area contributed by atoms with E-state index < -0.39 is 6.10 Å². The molecule has 0 aliphatic heterocycles. The van der Waals surface area contributed by atoms with E-state index in [1.807, 2.05) is 0 Å². The molecule has 0 rings (SSSR count). The maximum Gasteiger partial charge on any atom is 0.306 e. The molecule has 0 radical (unpaired) electrons. The molecule has 0 bridgehead atoms. The molecule has 5 heteroatoms. The number of hydrogen-bond acceptors (Lipinski definition) is 5. The molecule has 0 spiro atoms. The van der Waals surface area contributed by atoms with Crippen LogP contribution in [0.25, 0.3) is 0 Å². The van der Waals surface area contributed by atoms with Gasteiger partial charge in [0.1, 0.15) is 6.61 Å². The van der Waals surface area contributed by atoms with Gasteiger partial charge in [-0.25, -0.2) is 0 Å². The van der Waals surface area contributed by atoms with Crippen molar-refractivity contribution >= 4 is 11.9 Å². The van der Waals surface area contributed by atoms with Gasteiger partial charge in [0.25, 0.3) is 0 Å². The number of ether oxygens (including phenoxy) is 2. The predicted octanol–water partition coefficient (Wildman–Crippen LogP) is 19.7. The molecule has 1 N–H and O–H groups in total. The van der Waals surface area contributed by atoms with Crippen LogP contribution >= 0.6 is 0 Å². The van der Waals surface area contributed by atoms with E-state index in [-0.39, 0.29) is 25.2 Å². The van der Waals surface area contributed by atoms with Gasteiger partial charge in [-0.15, -0.1) is 0 Å². The van der Waals surface area contributed by atoms with Crippen molar-refractivity contribution in [2.24, 2.45) is 0 Å². The van der Waals surface area contributed by atoms with Crippen molar-refractivity contribution in [3.05, 3.63) is 170 Å². The van der Waals surface area contributed by atoms with Gasteiger partial charge in [-0.05, 0) is 135 Å². The van der Waals surface area contributed by atoms with E-state index in [9.17, 15) is 14.7 Å². The van der Waals surface area contributed by atoms with Crippen molar-refractivity contribution in [1.82, 2.24) is 0 Å². The fourth-order valence-electron chi connectivity index (χ4n) is 7.21. The summed E-state index contributed by atoms with van der Waals surface area (Å²) in [6, 6.07) is 0. The summed E-state index contributed by atoms with van der Waals surface area (Å²) in [6.45, 7) is 3.96. The Hall–Kier alpha value is -4.74. The normalized spacial score (nSPS) is 13.5. The number of aliphatic hydroxyl groups is 1. The molecule has 72 heavy (non-hydrogen) atoms. The zero-order valence-electron chi connectivity index (χ0n) is 45.9. The van der Waals surface area contributed by atoms with Crippen LogP contribution in [0.2, 0.25) is 0 Å². The zero-order chi connectivity index (χ0) is 52.0. The molecular weight excluding hydrogens is 885 g/mol. The van der Waals surface area contributed by atoms with E-state index in [1.165, 1.54) is 51.4 Å². The summed E-state index contributed by atoms with van der Waals surface area (Å²) in [5.41, 5.74) is 0. The zero-order valence-corrected chi connectivity index (χ0v) is 45.9. The first-order chi connectivity index (χ1) is 35.6. The lowest BCUT2D eigenvalue weighted by molar-refractivity contribution is -0.161. The standard InChI is InChI=1S/C67H104O5/c1-3-5-7-9-11-13-15-17-19-21-22-23-24-25-26-27-28-29-30-31-32-33-34-35-36-37-38-39-40-41-42-43-44-46-48-50-52-54-56-58-60-62-67(70)72-65(63-68)64-71-66(69)61-59-57-55-53-51-49-47-45-20-18-16-14-12-10-8-6-4-2/h5,7,11-14,17-20,22-23,25-26,28-29,31-32,34-35,37-38,40-41,43-44,48,50,65,68H,3-4,6,8-10,15-16,21,24,27,30,33,36,39,42,45-47,49,51-64H2,1-2H3/b7-5-,13-11-,14-12-,19-17-,20-18-,23-22-,26-25-,29-28-,32-31-,35-34-,38-37-,41-40-,44-43-,50-48-. The van der Waals surface area contributed by atoms with Crippen LogP contribution in [0.1, 0.15) is 219 Å². The minimum atomic E-state index is -0.802. The molecule has 0 saturated carbocycles. The highest BCUT2D eigenvalue weighted by atomic mass is 16.6. The highest BCUT2D eigenvalue weighted by molar-refractivity contribution is 5.70. The van der Waals surface area contributed by atoms with Crippen LogP contribution in [0.15, 0.2) is 170 Å². The van der Waals surface area contributed by atoms with Gasteiger partial charge in [-0.3, -0.25) is 9.59 Å². The van der Waals surface area contributed by atoms with Crippen LogP contribution in [0.5, 0.6) is 0 Å². The van der Waals surface area contributed by atoms with Gasteiger partial charge >= 0.3 is 11.9 Å². The molecule has 0 aromatic rings. The molecule has 0 aliphatic carbocycles. The second-order valence-corrected chi connectivity index (χ2v) is 18.3. The van der Waals surface area contributed by atoms with E-state index in [4.69, 9.17) is 9.47 Å². The summed E-state index contributed by atoms with van der Waals surface area (Å²) in [4.78, 5) is 24.5. The van der Waals surface area contributed by atoms with E-state index >= 15 is 0 Å². The van der Waals surface area contributed by atoms with Crippen LogP contribution in [-0.4, -0.2) is 36.4 Å². The van der Waals surface area contributed by atoms with Gasteiger partial charge in [0.05, 0.1) is 6.61 Å². The number of unbranched alkanes of at least 4 members (excludes halogenated alkanes) is 14. The number of rotatable bonds is 50. The first-order valence-corrected chi connectivity index (χ1v) is 28.7. The Kier molecular flexibility index (Phi) is 56.6. The first kappa shape index (κ1) is 67.3. The van der Waals surface area contributed by atoms with Gasteiger partial charge in [0, 0.05) is 12.8 Å². The Bertz CT molecular complexity index is 1640. The molecule has 0 amide bonds. The highest BCUT2D eigenvalue weighted by Crippen LogP contribution is 2.12. The Morgan fingerprint density at radius 1 is 0.333 bits per heavy atom. The lowest BCUT2D eigenvalue weighted by Gasteiger charge is -2.15. The monoisotopic (exact) mass is 989 g/mol. The molecule has 0 aromatic heterocycles. The van der Waals surface area contributed by atoms with Crippen LogP contribution in [0, 0.1) is 0 Å². The summed E-state index contributed by atoms with van der Waals surface area (Å²) >= 11 is 0. The minimum absolute atomic E-state index is 0.0909. The second-order valence-electron chi connectivity index (χ2n) is 18.3. The quantitative estimate of drug-likeness (QED) is 0.0373. The largest absolute Gasteiger partial charge is 0.462 e. The summed E-state index contributed by atoms with van der Waals surface area (Å²) < 4.78 is 10.7. The average molecular weight is 990 g/mol. The third-order valence-corrected chi connectivity index (χ3v) is 11.5. The van der Waals surface area contributed by atoms with Crippen LogP contribution < -0.4 is 0 Å². The number of carbonyl (C=O) groups excluding carboxylic acids is 2. The van der Waals surface area contributed by atoms with Crippen molar-refractivity contribution in [1.29, 1.82) is 0 Å². The van der Waals surface area contributed by atoms with E-state index in [2.05, 4.69) is 184 Å². The molecule has 1 atom stereocenters. The van der Waals surface area contributed by atoms with Crippen molar-refractivity contribution in [3.8, 4) is 0 Å². The summed E-state index contributed by atoms with van der Waals surface area (Å²) in [5.74, 6) is -0.641. The summed E-state index contributed by atoms with van der Waals surface area (Å²) in [7, 11) is 0. The first-order valence-electron chi connectivity index (χ1n) is 28.7. The molecular formula is C67H104O5. The smallest absolute Gasteiger partial charge is 0.306 e. The number of aliphatic hydroxyl groups excluding tert-OH is 1.